The Bertz CT molecular complexity index is 830. The molecule has 37 heavy (non-hydrogen) atoms. The Labute approximate surface area is 224 Å². The highest BCUT2D eigenvalue weighted by atomic mass is 16.5. The summed E-state index contributed by atoms with van der Waals surface area (Å²) in [5, 5.41) is 25.1. The average molecular weight is 520 g/mol. The molecule has 11 atom stereocenters. The minimum absolute atomic E-state index is 0.0645. The van der Waals surface area contributed by atoms with Gasteiger partial charge in [0.2, 0.25) is 5.91 Å². The van der Waals surface area contributed by atoms with Crippen LogP contribution in [0.2, 0.25) is 0 Å². The van der Waals surface area contributed by atoms with Crippen molar-refractivity contribution in [3.63, 3.8) is 0 Å². The first-order chi connectivity index (χ1) is 17.4. The molecule has 0 saturated heterocycles. The molecule has 4 fully saturated rings. The number of carbonyl (C=O) groups excluding carboxylic acids is 2. The molecular weight excluding hydrogens is 466 g/mol. The van der Waals surface area contributed by atoms with Crippen molar-refractivity contribution in [3.05, 3.63) is 0 Å². The first-order valence-corrected chi connectivity index (χ1v) is 15.2. The van der Waals surface area contributed by atoms with Gasteiger partial charge in [0, 0.05) is 6.42 Å². The van der Waals surface area contributed by atoms with E-state index in [1.807, 2.05) is 0 Å². The average Bonchev–Trinajstić information content (AvgIpc) is 3.19. The molecule has 6 heteroatoms. The summed E-state index contributed by atoms with van der Waals surface area (Å²) >= 11 is 0. The number of fused-ring (bicyclic) bond motifs is 5. The summed E-state index contributed by atoms with van der Waals surface area (Å²) in [6.07, 6.45) is 9.17. The van der Waals surface area contributed by atoms with E-state index in [1.54, 1.807) is 13.8 Å². The minimum Gasteiger partial charge on any atom is -0.462 e. The molecule has 0 aromatic carbocycles. The molecule has 4 aliphatic rings. The highest BCUT2D eigenvalue weighted by molar-refractivity contribution is 5.81. The van der Waals surface area contributed by atoms with Gasteiger partial charge in [0.05, 0.1) is 18.3 Å². The van der Waals surface area contributed by atoms with E-state index in [9.17, 15) is 19.8 Å². The third kappa shape index (κ3) is 5.35. The zero-order chi connectivity index (χ0) is 27.1. The second-order valence-corrected chi connectivity index (χ2v) is 14.0. The maximum absolute atomic E-state index is 12.4. The number of hydrogen-bond acceptors (Lipinski definition) is 5. The Kier molecular flexibility index (Phi) is 8.70. The first kappa shape index (κ1) is 28.9. The predicted molar refractivity (Wildman–Crippen MR) is 144 cm³/mol. The van der Waals surface area contributed by atoms with Crippen LogP contribution < -0.4 is 5.32 Å². The number of esters is 1. The monoisotopic (exact) mass is 519 g/mol. The fourth-order valence-electron chi connectivity index (χ4n) is 10.1. The molecule has 1 amide bonds. The van der Waals surface area contributed by atoms with Crippen molar-refractivity contribution >= 4 is 11.9 Å². The van der Waals surface area contributed by atoms with Gasteiger partial charge < -0.3 is 20.3 Å². The molecule has 0 aliphatic heterocycles. The van der Waals surface area contributed by atoms with Crippen molar-refractivity contribution in [2.45, 2.75) is 124 Å². The van der Waals surface area contributed by atoms with E-state index in [0.717, 1.165) is 32.1 Å². The maximum Gasteiger partial charge on any atom is 0.325 e. The fourth-order valence-corrected chi connectivity index (χ4v) is 10.1. The lowest BCUT2D eigenvalue weighted by Crippen LogP contribution is -2.62. The number of hydrogen-bond donors (Lipinski definition) is 3. The summed E-state index contributed by atoms with van der Waals surface area (Å²) in [6, 6.07) is 0. The molecule has 3 unspecified atom stereocenters. The molecule has 0 spiro atoms. The van der Waals surface area contributed by atoms with Crippen LogP contribution in [0.1, 0.15) is 106 Å². The number of nitrogens with one attached hydrogen (secondary N) is 1. The van der Waals surface area contributed by atoms with E-state index in [4.69, 9.17) is 4.74 Å². The van der Waals surface area contributed by atoms with E-state index >= 15 is 0 Å². The van der Waals surface area contributed by atoms with Crippen molar-refractivity contribution in [2.24, 2.45) is 52.3 Å². The lowest BCUT2D eigenvalue weighted by atomic mass is 9.41. The van der Waals surface area contributed by atoms with Crippen LogP contribution in [0.4, 0.5) is 0 Å². The molecule has 3 N–H and O–H groups in total. The predicted octanol–water partition coefficient (Wildman–Crippen LogP) is 5.10. The van der Waals surface area contributed by atoms with Gasteiger partial charge in [-0.25, -0.2) is 0 Å². The third-order valence-corrected chi connectivity index (χ3v) is 11.8. The summed E-state index contributed by atoms with van der Waals surface area (Å²) in [7, 11) is 0. The highest BCUT2D eigenvalue weighted by Gasteiger charge is 2.64. The Hall–Kier alpha value is -1.14. The number of carbonyl (C=O) groups is 2. The molecular formula is C31H53NO5. The van der Waals surface area contributed by atoms with Crippen molar-refractivity contribution < 1.29 is 24.5 Å². The Morgan fingerprint density at radius 1 is 0.973 bits per heavy atom. The van der Waals surface area contributed by atoms with Crippen LogP contribution in [0.15, 0.2) is 0 Å². The molecule has 0 radical (unpaired) electrons. The van der Waals surface area contributed by atoms with Gasteiger partial charge in [-0.15, -0.1) is 0 Å². The van der Waals surface area contributed by atoms with Gasteiger partial charge >= 0.3 is 5.97 Å². The van der Waals surface area contributed by atoms with Crippen LogP contribution in [-0.4, -0.2) is 46.9 Å². The molecule has 0 aromatic rings. The first-order valence-electron chi connectivity index (χ1n) is 15.2. The van der Waals surface area contributed by atoms with E-state index in [0.29, 0.717) is 41.9 Å². The minimum atomic E-state index is -0.390. The maximum atomic E-state index is 12.4. The van der Waals surface area contributed by atoms with Crippen molar-refractivity contribution in [3.8, 4) is 0 Å². The van der Waals surface area contributed by atoms with Crippen LogP contribution in [0, 0.1) is 52.3 Å². The van der Waals surface area contributed by atoms with Gasteiger partial charge in [0.25, 0.3) is 0 Å². The standard InChI is InChI=1S/C31H53NO5/c1-7-21-25-16-20(33)12-14-31(25,6)24-13-15-30(5)22(9-10-23(30)28(24)29(21)36)19(4)8-11-26(34)32-17-27(35)37-18(2)3/h18-25,28-29,33,36H,7-17H2,1-6H3,(H,32,34)/t19-,20-,21-,22-,23?,24?,25?,28+,29-,30-,31-/m1/s1. The van der Waals surface area contributed by atoms with Crippen molar-refractivity contribution in [1.82, 2.24) is 5.32 Å². The van der Waals surface area contributed by atoms with Gasteiger partial charge in [-0.05, 0) is 117 Å². The number of aliphatic hydroxyl groups is 2. The molecule has 0 aromatic heterocycles. The summed E-state index contributed by atoms with van der Waals surface area (Å²) in [4.78, 5) is 24.2. The molecule has 4 aliphatic carbocycles. The van der Waals surface area contributed by atoms with Gasteiger partial charge in [-0.3, -0.25) is 9.59 Å². The fraction of sp³-hybridized carbons (Fsp3) is 0.935. The number of amides is 1. The van der Waals surface area contributed by atoms with E-state index in [2.05, 4.69) is 33.0 Å². The molecule has 0 heterocycles. The van der Waals surface area contributed by atoms with Gasteiger partial charge in [-0.1, -0.05) is 34.1 Å². The van der Waals surface area contributed by atoms with E-state index in [1.165, 1.54) is 25.7 Å². The third-order valence-electron chi connectivity index (χ3n) is 11.8. The van der Waals surface area contributed by atoms with E-state index in [-0.39, 0.29) is 53.5 Å². The summed E-state index contributed by atoms with van der Waals surface area (Å²) in [5.74, 6) is 2.66. The smallest absolute Gasteiger partial charge is 0.325 e. The van der Waals surface area contributed by atoms with Crippen LogP contribution in [0.25, 0.3) is 0 Å². The molecule has 4 rings (SSSR count). The van der Waals surface area contributed by atoms with Crippen LogP contribution in [0.5, 0.6) is 0 Å². The highest BCUT2D eigenvalue weighted by Crippen LogP contribution is 2.69. The molecule has 0 bridgehead atoms. The lowest BCUT2D eigenvalue weighted by molar-refractivity contribution is -0.203. The normalized spacial score (nSPS) is 43.9. The quantitative estimate of drug-likeness (QED) is 0.388. The Balaban J connectivity index is 1.41. The lowest BCUT2D eigenvalue weighted by Gasteiger charge is -2.64. The van der Waals surface area contributed by atoms with Crippen molar-refractivity contribution in [1.29, 1.82) is 0 Å². The SMILES string of the molecule is CC[C@@H]1C2C[C@H](O)CC[C@]2(C)C2CC[C@@]3(C)C(CC[C@@H]3[C@H](C)CCC(=O)NCC(=O)OC(C)C)[C@@H]2[C@@H]1O. The van der Waals surface area contributed by atoms with Crippen molar-refractivity contribution in [2.75, 3.05) is 6.54 Å². The van der Waals surface area contributed by atoms with Gasteiger partial charge in [-0.2, -0.15) is 0 Å². The zero-order valence-electron chi connectivity index (χ0n) is 24.2. The second-order valence-electron chi connectivity index (χ2n) is 14.0. The topological polar surface area (TPSA) is 95.9 Å². The molecule has 6 nitrogen and oxygen atoms in total. The number of aliphatic hydroxyl groups excluding tert-OH is 2. The second kappa shape index (κ2) is 11.2. The Morgan fingerprint density at radius 2 is 1.65 bits per heavy atom. The van der Waals surface area contributed by atoms with Crippen LogP contribution in [-0.2, 0) is 14.3 Å². The largest absolute Gasteiger partial charge is 0.462 e. The Morgan fingerprint density at radius 3 is 2.32 bits per heavy atom. The zero-order valence-corrected chi connectivity index (χ0v) is 24.2. The summed E-state index contributed by atoms with van der Waals surface area (Å²) in [5.41, 5.74) is 0.429. The summed E-state index contributed by atoms with van der Waals surface area (Å²) in [6.45, 7) is 13.0. The summed E-state index contributed by atoms with van der Waals surface area (Å²) < 4.78 is 5.11. The van der Waals surface area contributed by atoms with Crippen LogP contribution >= 0.6 is 0 Å². The van der Waals surface area contributed by atoms with Crippen LogP contribution in [0.3, 0.4) is 0 Å². The van der Waals surface area contributed by atoms with Gasteiger partial charge in [0.1, 0.15) is 6.54 Å². The van der Waals surface area contributed by atoms with Gasteiger partial charge in [0.15, 0.2) is 0 Å². The number of ether oxygens (including phenoxy) is 1. The number of rotatable bonds is 8. The van der Waals surface area contributed by atoms with E-state index < -0.39 is 0 Å². The molecule has 4 saturated carbocycles. The molecule has 212 valence electrons.